The minimum Gasteiger partial charge on any atom is -0.305 e. The van der Waals surface area contributed by atoms with E-state index >= 15 is 0 Å². The number of anilines is 9. The number of hydrogen-bond acceptors (Lipinski definition) is 3. The van der Waals surface area contributed by atoms with Gasteiger partial charge in [0.05, 0.1) is 86.8 Å². The van der Waals surface area contributed by atoms with Gasteiger partial charge in [0.15, 0.2) is 0 Å². The molecule has 0 N–H and O–H groups in total. The van der Waals surface area contributed by atoms with Gasteiger partial charge in [-0.05, 0) is 137 Å². The van der Waals surface area contributed by atoms with Crippen LogP contribution in [0.1, 0.15) is 122 Å². The zero-order valence-corrected chi connectivity index (χ0v) is 50.5. The number of rotatable bonds is 9. The Morgan fingerprint density at radius 2 is 0.626 bits per heavy atom. The molecule has 0 amide bonds. The Bertz CT molecular complexity index is 5850. The Kier molecular flexibility index (Phi) is 8.32. The predicted molar refractivity (Wildman–Crippen MR) is 384 cm³/mol. The Balaban J connectivity index is 1.21. The Morgan fingerprint density at radius 1 is 0.297 bits per heavy atom. The van der Waals surface area contributed by atoms with Crippen molar-refractivity contribution in [3.63, 3.8) is 0 Å². The quantitative estimate of drug-likeness (QED) is 0.143. The zero-order valence-electron chi connectivity index (χ0n) is 76.5. The van der Waals surface area contributed by atoms with Crippen molar-refractivity contribution >= 4 is 51.2 Å². The van der Waals surface area contributed by atoms with E-state index in [2.05, 4.69) is 41.5 Å². The molecule has 0 radical (unpaired) electrons. The molecule has 438 valence electrons. The van der Waals surface area contributed by atoms with Gasteiger partial charge in [0.2, 0.25) is 0 Å². The van der Waals surface area contributed by atoms with Crippen LogP contribution in [0.3, 0.4) is 0 Å². The van der Waals surface area contributed by atoms with Crippen LogP contribution in [0.2, 0.25) is 0 Å². The fourth-order valence-electron chi connectivity index (χ4n) is 13.1. The molecule has 3 nitrogen and oxygen atoms in total. The van der Waals surface area contributed by atoms with Crippen molar-refractivity contribution in [3.05, 3.63) is 342 Å². The predicted octanol–water partition coefficient (Wildman–Crippen LogP) is 24.4. The lowest BCUT2D eigenvalue weighted by Crippen LogP contribution is -2.31. The van der Waals surface area contributed by atoms with Crippen molar-refractivity contribution in [1.82, 2.24) is 0 Å². The van der Waals surface area contributed by atoms with Crippen LogP contribution in [-0.4, -0.2) is 0 Å². The summed E-state index contributed by atoms with van der Waals surface area (Å²) in [6.45, 7) is 12.4. The lowest BCUT2D eigenvalue weighted by Gasteiger charge is -2.49. The molecule has 0 unspecified atom stereocenters. The molecule has 16 rings (SSSR count). The topological polar surface area (TPSA) is 9.72 Å². The first kappa shape index (κ1) is 34.3. The normalized spacial score (nSPS) is 17.2. The summed E-state index contributed by atoms with van der Waals surface area (Å²) < 4.78 is 251. The lowest BCUT2D eigenvalue weighted by atomic mass is 9.74. The van der Waals surface area contributed by atoms with E-state index in [1.54, 1.807) is 36.4 Å². The molecule has 2 heterocycles. The molecule has 0 saturated heterocycles. The van der Waals surface area contributed by atoms with E-state index in [9.17, 15) is 30.2 Å². The smallest absolute Gasteiger partial charge is 0.0948 e. The summed E-state index contributed by atoms with van der Waals surface area (Å²) in [6.07, 6.45) is 0.428. The van der Waals surface area contributed by atoms with Crippen LogP contribution in [0.4, 0.5) is 51.2 Å². The third-order valence-electron chi connectivity index (χ3n) is 17.5. The van der Waals surface area contributed by atoms with E-state index < -0.39 is 219 Å². The van der Waals surface area contributed by atoms with E-state index in [1.807, 2.05) is 114 Å². The van der Waals surface area contributed by atoms with Gasteiger partial charge in [-0.15, -0.1) is 0 Å². The van der Waals surface area contributed by atoms with Gasteiger partial charge in [-0.1, -0.05) is 308 Å². The van der Waals surface area contributed by atoms with Crippen LogP contribution in [0.15, 0.2) is 303 Å². The maximum atomic E-state index is 10.4. The summed E-state index contributed by atoms with van der Waals surface area (Å²) in [5.41, 5.74) is 1.31. The van der Waals surface area contributed by atoms with Gasteiger partial charge in [0, 0.05) is 28.2 Å². The highest BCUT2D eigenvalue weighted by Gasteiger charge is 2.43. The SMILES string of the molecule is [2H]c1c([2H])c([2H])c(-c2c([2H])c([2H])c([2H])c(-c3c([2H])c([2H])c([2H])c([2H])c3[2H])c2N2c3ccc(-c4ccc(C(C)(C)C)cc4)cc3N3c4cc(-c5ccc(C(C)(C)C)cc5)ccc4N(c4c(-c5c([2H])c([2H])c([2H])c([2H])c5[2H])c([2H])c([2H])c([2H])c4-c4c([2H])c([2H])c([2H])c([2H])c4[2H])c4cc(C5c6ccccc6Cc6ccccc65)cc2c43)c([2H])c1[2H]. The monoisotopic (exact) mass is 1200 g/mol. The average molecular weight is 1200 g/mol. The van der Waals surface area contributed by atoms with Gasteiger partial charge in [-0.2, -0.15) is 0 Å². The molecule has 1 aliphatic carbocycles. The third-order valence-corrected chi connectivity index (χ3v) is 17.5. The molecule has 0 bridgehead atoms. The third kappa shape index (κ3) is 9.66. The summed E-state index contributed by atoms with van der Waals surface area (Å²) in [6, 6.07) is 21.8. The highest BCUT2D eigenvalue weighted by Crippen LogP contribution is 2.67. The van der Waals surface area contributed by atoms with Crippen LogP contribution in [0, 0.1) is 0 Å². The van der Waals surface area contributed by atoms with Crippen LogP contribution < -0.4 is 14.7 Å². The zero-order chi connectivity index (χ0) is 84.2. The van der Waals surface area contributed by atoms with E-state index in [-0.39, 0.29) is 50.6 Å². The van der Waals surface area contributed by atoms with Crippen molar-refractivity contribution in [1.29, 1.82) is 0 Å². The van der Waals surface area contributed by atoms with Crippen LogP contribution >= 0.6 is 0 Å². The molecule has 91 heavy (non-hydrogen) atoms. The number of hydrogen-bond donors (Lipinski definition) is 0. The number of benzene rings is 13. The summed E-state index contributed by atoms with van der Waals surface area (Å²) in [7, 11) is 0. The molecule has 2 aliphatic heterocycles. The Morgan fingerprint density at radius 3 is 0.978 bits per heavy atom. The summed E-state index contributed by atoms with van der Waals surface area (Å²) in [5, 5.41) is 0. The molecule has 3 heteroatoms. The molecular formula is C88H71N3. The second kappa shape index (κ2) is 22.1. The number of para-hydroxylation sites is 2. The molecule has 13 aromatic carbocycles. The highest BCUT2D eigenvalue weighted by atomic mass is 15.3. The maximum Gasteiger partial charge on any atom is 0.0948 e. The number of nitrogens with zero attached hydrogens (tertiary/aromatic N) is 3. The van der Waals surface area contributed by atoms with Crippen LogP contribution in [0.25, 0.3) is 66.8 Å². The van der Waals surface area contributed by atoms with Crippen LogP contribution in [-0.2, 0) is 17.3 Å². The minimum atomic E-state index is -0.958. The molecule has 0 aromatic heterocycles. The maximum absolute atomic E-state index is 10.4. The molecule has 0 atom stereocenters. The van der Waals surface area contributed by atoms with Crippen molar-refractivity contribution in [2.24, 2.45) is 0 Å². The Hall–Kier alpha value is -10.7. The lowest BCUT2D eigenvalue weighted by molar-refractivity contribution is 0.590. The van der Waals surface area contributed by atoms with E-state index in [1.165, 1.54) is 9.80 Å². The van der Waals surface area contributed by atoms with Gasteiger partial charge in [0.25, 0.3) is 0 Å². The second-order valence-electron chi connectivity index (χ2n) is 24.9. The first-order valence-corrected chi connectivity index (χ1v) is 30.0. The second-order valence-corrected chi connectivity index (χ2v) is 24.9. The van der Waals surface area contributed by atoms with Gasteiger partial charge >= 0.3 is 0 Å². The number of fused-ring (bicyclic) bond motifs is 6. The largest absolute Gasteiger partial charge is 0.305 e. The summed E-state index contributed by atoms with van der Waals surface area (Å²) in [4.78, 5) is 4.89. The van der Waals surface area contributed by atoms with Gasteiger partial charge in [0.1, 0.15) is 0 Å². The standard InChI is InChI=1S/C88H71N3/c1-87(2,3)69-47-41-58(42-48-69)64-45-51-77-79(54-64)91-80-55-65(59-43-49-70(50-44-59)88(4,5)6)46-52-78(80)90(85-75(62-29-15-9-16-30-62)39-24-40-76(85)63-31-17-10-18-32-63)82-57-68(83-71-35-21-19-33-66(71)53-67-34-20-22-36-72(67)83)56-81(86(82)91)89(77)84-73(60-25-11-7-12-26-60)37-23-38-74(84)61-27-13-8-14-28-61/h7-52,54-57,83H,53H2,1-6H3/i7D,8D,9D,10D,11D,12D,13D,14D,15D,16D,17D,18D,23D,24D,25D,26D,27D,28D,29D,30D,31D,32D,37D,38D,39D,40D. The van der Waals surface area contributed by atoms with Gasteiger partial charge in [-0.3, -0.25) is 0 Å². The van der Waals surface area contributed by atoms with Gasteiger partial charge < -0.3 is 14.7 Å². The fraction of sp³-hybridized carbons (Fsp3) is 0.114. The minimum absolute atomic E-state index is 0.00987. The van der Waals surface area contributed by atoms with Crippen molar-refractivity contribution < 1.29 is 35.6 Å². The molecule has 0 saturated carbocycles. The fourth-order valence-corrected chi connectivity index (χ4v) is 13.1. The molecule has 3 aliphatic rings. The van der Waals surface area contributed by atoms with Crippen molar-refractivity contribution in [2.45, 2.75) is 64.7 Å². The molecule has 13 aromatic rings. The highest BCUT2D eigenvalue weighted by molar-refractivity contribution is 6.17. The van der Waals surface area contributed by atoms with Crippen molar-refractivity contribution in [3.8, 4) is 66.8 Å². The molecule has 0 spiro atoms. The first-order valence-electron chi connectivity index (χ1n) is 43.0. The van der Waals surface area contributed by atoms with E-state index in [0.717, 1.165) is 33.4 Å². The average Bonchev–Trinajstić information content (AvgIpc) is 0.678. The van der Waals surface area contributed by atoms with Gasteiger partial charge in [-0.25, -0.2) is 0 Å². The molecular weight excluding hydrogens is 1100 g/mol. The summed E-state index contributed by atoms with van der Waals surface area (Å²) in [5.74, 6) is -0.880. The Labute approximate surface area is 573 Å². The van der Waals surface area contributed by atoms with Crippen molar-refractivity contribution in [2.75, 3.05) is 14.7 Å². The molecule has 0 fully saturated rings. The van der Waals surface area contributed by atoms with E-state index in [4.69, 9.17) is 5.48 Å². The summed E-state index contributed by atoms with van der Waals surface area (Å²) >= 11 is 0. The van der Waals surface area contributed by atoms with Crippen LogP contribution in [0.5, 0.6) is 0 Å². The van der Waals surface area contributed by atoms with E-state index in [0.29, 0.717) is 34.2 Å². The first-order chi connectivity index (χ1) is 55.2.